The fraction of sp³-hybridized carbons (Fsp3) is 0.333. The van der Waals surface area contributed by atoms with Gasteiger partial charge in [0.1, 0.15) is 0 Å². The van der Waals surface area contributed by atoms with Crippen LogP contribution in [-0.2, 0) is 12.7 Å². The Labute approximate surface area is 106 Å². The van der Waals surface area contributed by atoms with Gasteiger partial charge in [-0.15, -0.1) is 0 Å². The van der Waals surface area contributed by atoms with Crippen molar-refractivity contribution in [3.05, 3.63) is 40.4 Å². The first-order valence-electron chi connectivity index (χ1n) is 5.53. The highest BCUT2D eigenvalue weighted by Crippen LogP contribution is 2.30. The molecule has 0 bridgehead atoms. The van der Waals surface area contributed by atoms with E-state index in [2.05, 4.69) is 4.98 Å². The normalized spacial score (nSPS) is 13.7. The Hall–Kier alpha value is -1.89. The van der Waals surface area contributed by atoms with Crippen molar-refractivity contribution in [3.8, 4) is 0 Å². The van der Waals surface area contributed by atoms with E-state index < -0.39 is 23.4 Å². The van der Waals surface area contributed by atoms with E-state index >= 15 is 0 Å². The second kappa shape index (κ2) is 4.65. The first-order valence-corrected chi connectivity index (χ1v) is 5.53. The standard InChI is InChI=1S/C12H11F3N2O2/c1-7(18)5-17-6-16-10-4-8(12(13,14)15)2-3-9(10)11(17)19/h2-4,6-7,18H,5H2,1H3. The van der Waals surface area contributed by atoms with Gasteiger partial charge in [0.15, 0.2) is 0 Å². The quantitative estimate of drug-likeness (QED) is 0.907. The zero-order chi connectivity index (χ0) is 14.2. The van der Waals surface area contributed by atoms with Gasteiger partial charge < -0.3 is 5.11 Å². The van der Waals surface area contributed by atoms with Crippen LogP contribution in [0.25, 0.3) is 10.9 Å². The molecular formula is C12H11F3N2O2. The summed E-state index contributed by atoms with van der Waals surface area (Å²) in [6, 6.07) is 2.79. The number of halogens is 3. The molecule has 1 aromatic heterocycles. The van der Waals surface area contributed by atoms with Crippen molar-refractivity contribution in [2.75, 3.05) is 0 Å². The maximum Gasteiger partial charge on any atom is 0.416 e. The number of aliphatic hydroxyl groups excluding tert-OH is 1. The number of benzene rings is 1. The summed E-state index contributed by atoms with van der Waals surface area (Å²) >= 11 is 0. The van der Waals surface area contributed by atoms with Crippen molar-refractivity contribution < 1.29 is 18.3 Å². The lowest BCUT2D eigenvalue weighted by molar-refractivity contribution is -0.137. The van der Waals surface area contributed by atoms with Crippen LogP contribution in [0.2, 0.25) is 0 Å². The van der Waals surface area contributed by atoms with E-state index in [-0.39, 0.29) is 17.4 Å². The Morgan fingerprint density at radius 3 is 2.68 bits per heavy atom. The first-order chi connectivity index (χ1) is 8.79. The molecule has 0 spiro atoms. The van der Waals surface area contributed by atoms with Crippen LogP contribution in [0.3, 0.4) is 0 Å². The van der Waals surface area contributed by atoms with Crippen molar-refractivity contribution in [3.63, 3.8) is 0 Å². The minimum absolute atomic E-state index is 0.0123. The van der Waals surface area contributed by atoms with Gasteiger partial charge in [0.25, 0.3) is 5.56 Å². The Morgan fingerprint density at radius 1 is 1.42 bits per heavy atom. The molecule has 2 aromatic rings. The Kier molecular flexibility index (Phi) is 3.32. The van der Waals surface area contributed by atoms with Gasteiger partial charge >= 0.3 is 6.18 Å². The summed E-state index contributed by atoms with van der Waals surface area (Å²) in [4.78, 5) is 15.8. The minimum atomic E-state index is -4.47. The van der Waals surface area contributed by atoms with Crippen LogP contribution in [0.4, 0.5) is 13.2 Å². The molecule has 7 heteroatoms. The molecule has 2 rings (SSSR count). The molecule has 0 saturated heterocycles. The van der Waals surface area contributed by atoms with Crippen LogP contribution in [-0.4, -0.2) is 20.8 Å². The minimum Gasteiger partial charge on any atom is -0.392 e. The monoisotopic (exact) mass is 272 g/mol. The summed E-state index contributed by atoms with van der Waals surface area (Å²) in [5.41, 5.74) is -1.33. The van der Waals surface area contributed by atoms with Gasteiger partial charge in [-0.05, 0) is 25.1 Å². The summed E-state index contributed by atoms with van der Waals surface area (Å²) in [5, 5.41) is 9.31. The number of aromatic nitrogens is 2. The van der Waals surface area contributed by atoms with Gasteiger partial charge in [-0.2, -0.15) is 13.2 Å². The van der Waals surface area contributed by atoms with Crippen molar-refractivity contribution in [1.82, 2.24) is 9.55 Å². The SMILES string of the molecule is CC(O)Cn1cnc2cc(C(F)(F)F)ccc2c1=O. The highest BCUT2D eigenvalue weighted by molar-refractivity contribution is 5.78. The van der Waals surface area contributed by atoms with Crippen molar-refractivity contribution >= 4 is 10.9 Å². The van der Waals surface area contributed by atoms with Gasteiger partial charge in [0.05, 0.1) is 35.4 Å². The lowest BCUT2D eigenvalue weighted by Gasteiger charge is -2.10. The topological polar surface area (TPSA) is 55.1 Å². The highest BCUT2D eigenvalue weighted by Gasteiger charge is 2.30. The molecular weight excluding hydrogens is 261 g/mol. The van der Waals surface area contributed by atoms with Gasteiger partial charge in [-0.3, -0.25) is 9.36 Å². The van der Waals surface area contributed by atoms with Gasteiger partial charge in [-0.25, -0.2) is 4.98 Å². The Balaban J connectivity index is 2.57. The predicted octanol–water partition coefficient (Wildman–Crippen LogP) is 1.80. The molecule has 0 aliphatic rings. The van der Waals surface area contributed by atoms with Crippen LogP contribution in [0.1, 0.15) is 12.5 Å². The first kappa shape index (κ1) is 13.5. The molecule has 19 heavy (non-hydrogen) atoms. The van der Waals surface area contributed by atoms with E-state index in [0.29, 0.717) is 0 Å². The fourth-order valence-electron chi connectivity index (χ4n) is 1.75. The molecule has 1 unspecified atom stereocenters. The third-order valence-corrected chi connectivity index (χ3v) is 2.61. The maximum absolute atomic E-state index is 12.5. The average molecular weight is 272 g/mol. The molecule has 0 radical (unpaired) electrons. The van der Waals surface area contributed by atoms with Gasteiger partial charge in [0.2, 0.25) is 0 Å². The van der Waals surface area contributed by atoms with Crippen LogP contribution >= 0.6 is 0 Å². The van der Waals surface area contributed by atoms with Crippen LogP contribution in [0.15, 0.2) is 29.3 Å². The van der Waals surface area contributed by atoms with Gasteiger partial charge in [-0.1, -0.05) is 0 Å². The molecule has 1 N–H and O–H groups in total. The van der Waals surface area contributed by atoms with E-state index in [1.165, 1.54) is 11.5 Å². The van der Waals surface area contributed by atoms with Crippen molar-refractivity contribution in [2.24, 2.45) is 0 Å². The lowest BCUT2D eigenvalue weighted by atomic mass is 10.1. The number of aliphatic hydroxyl groups is 1. The Bertz CT molecular complexity index is 662. The van der Waals surface area contributed by atoms with E-state index in [0.717, 1.165) is 24.5 Å². The molecule has 0 amide bonds. The smallest absolute Gasteiger partial charge is 0.392 e. The number of nitrogens with zero attached hydrogens (tertiary/aromatic N) is 2. The summed E-state index contributed by atoms with van der Waals surface area (Å²) in [6.45, 7) is 1.55. The summed E-state index contributed by atoms with van der Waals surface area (Å²) in [5.74, 6) is 0. The molecule has 1 aromatic carbocycles. The molecule has 0 aliphatic carbocycles. The van der Waals surface area contributed by atoms with Crippen LogP contribution in [0, 0.1) is 0 Å². The lowest BCUT2D eigenvalue weighted by Crippen LogP contribution is -2.25. The van der Waals surface area contributed by atoms with E-state index in [9.17, 15) is 23.1 Å². The average Bonchev–Trinajstić information content (AvgIpc) is 2.31. The molecule has 0 fully saturated rings. The third kappa shape index (κ3) is 2.76. The summed E-state index contributed by atoms with van der Waals surface area (Å²) < 4.78 is 38.7. The van der Waals surface area contributed by atoms with Gasteiger partial charge in [0, 0.05) is 0 Å². The molecule has 1 heterocycles. The number of fused-ring (bicyclic) bond motifs is 1. The largest absolute Gasteiger partial charge is 0.416 e. The molecule has 1 atom stereocenters. The third-order valence-electron chi connectivity index (χ3n) is 2.61. The second-order valence-electron chi connectivity index (χ2n) is 4.28. The molecule has 4 nitrogen and oxygen atoms in total. The summed E-state index contributed by atoms with van der Waals surface area (Å²) in [7, 11) is 0. The molecule has 0 saturated carbocycles. The van der Waals surface area contributed by atoms with E-state index in [1.807, 2.05) is 0 Å². The van der Waals surface area contributed by atoms with E-state index in [4.69, 9.17) is 0 Å². The van der Waals surface area contributed by atoms with E-state index in [1.54, 1.807) is 0 Å². The number of hydrogen-bond donors (Lipinski definition) is 1. The summed E-state index contributed by atoms with van der Waals surface area (Å²) in [6.07, 6.45) is -4.08. The predicted molar refractivity (Wildman–Crippen MR) is 62.7 cm³/mol. The van der Waals surface area contributed by atoms with Crippen LogP contribution < -0.4 is 5.56 Å². The van der Waals surface area contributed by atoms with Crippen LogP contribution in [0.5, 0.6) is 0 Å². The number of alkyl halides is 3. The Morgan fingerprint density at radius 2 is 2.11 bits per heavy atom. The number of rotatable bonds is 2. The highest BCUT2D eigenvalue weighted by atomic mass is 19.4. The van der Waals surface area contributed by atoms with Crippen molar-refractivity contribution in [2.45, 2.75) is 25.7 Å². The zero-order valence-corrected chi connectivity index (χ0v) is 9.98. The molecule has 102 valence electrons. The zero-order valence-electron chi connectivity index (χ0n) is 9.98. The maximum atomic E-state index is 12.5. The number of hydrogen-bond acceptors (Lipinski definition) is 3. The second-order valence-corrected chi connectivity index (χ2v) is 4.28. The fourth-order valence-corrected chi connectivity index (χ4v) is 1.75. The van der Waals surface area contributed by atoms with Crippen molar-refractivity contribution in [1.29, 1.82) is 0 Å². The molecule has 0 aliphatic heterocycles.